The molecule has 10 nitrogen and oxygen atoms in total. The number of fused-ring (bicyclic) bond motifs is 2. The molecule has 154 valence electrons. The summed E-state index contributed by atoms with van der Waals surface area (Å²) in [6, 6.07) is 3.77. The quantitative estimate of drug-likeness (QED) is 0.424. The van der Waals surface area contributed by atoms with Crippen LogP contribution in [0.5, 0.6) is 0 Å². The van der Waals surface area contributed by atoms with Gasteiger partial charge in [0, 0.05) is 37.9 Å². The Balaban J connectivity index is 1.65. The van der Waals surface area contributed by atoms with Crippen LogP contribution in [0.2, 0.25) is 0 Å². The highest BCUT2D eigenvalue weighted by molar-refractivity contribution is 7.18. The average Bonchev–Trinajstić information content (AvgIpc) is 3.30. The Morgan fingerprint density at radius 3 is 1.61 bits per heavy atom. The van der Waals surface area contributed by atoms with Crippen molar-refractivity contribution in [1.29, 1.82) is 0 Å². The summed E-state index contributed by atoms with van der Waals surface area (Å²) in [5, 5.41) is 0. The van der Waals surface area contributed by atoms with Crippen molar-refractivity contribution in [2.24, 2.45) is 9.98 Å². The first kappa shape index (κ1) is 19.1. The minimum atomic E-state index is 0.399. The lowest BCUT2D eigenvalue weighted by Gasteiger charge is -2.01. The number of rotatable bonds is 4. The van der Waals surface area contributed by atoms with Gasteiger partial charge in [-0.25, -0.2) is 29.9 Å². The molecule has 5 aromatic heterocycles. The normalized spacial score (nSPS) is 12.8. The molecule has 11 heteroatoms. The fourth-order valence-electron chi connectivity index (χ4n) is 2.92. The van der Waals surface area contributed by atoms with Gasteiger partial charge in [-0.3, -0.25) is 0 Å². The Labute approximate surface area is 179 Å². The highest BCUT2D eigenvalue weighted by Gasteiger charge is 2.15. The molecule has 31 heavy (non-hydrogen) atoms. The van der Waals surface area contributed by atoms with E-state index < -0.39 is 0 Å². The van der Waals surface area contributed by atoms with Crippen molar-refractivity contribution in [3.63, 3.8) is 0 Å². The molecule has 0 atom stereocenters. The van der Waals surface area contributed by atoms with Crippen LogP contribution in [0.3, 0.4) is 0 Å². The van der Waals surface area contributed by atoms with E-state index in [1.54, 1.807) is 24.8 Å². The predicted molar refractivity (Wildman–Crippen MR) is 114 cm³/mol. The molecule has 0 saturated heterocycles. The van der Waals surface area contributed by atoms with Crippen LogP contribution in [-0.2, 0) is 0 Å². The molecule has 0 spiro atoms. The summed E-state index contributed by atoms with van der Waals surface area (Å²) in [4.78, 5) is 36.5. The third-order valence-electron chi connectivity index (χ3n) is 4.20. The predicted octanol–water partition coefficient (Wildman–Crippen LogP) is 2.79. The molecular weight excluding hydrogens is 416 g/mol. The van der Waals surface area contributed by atoms with Crippen LogP contribution >= 0.6 is 11.3 Å². The van der Waals surface area contributed by atoms with Crippen LogP contribution < -0.4 is 11.1 Å². The SMILES string of the molecule is CC/N=c1\oc(-c2ccc(-c3nc4nccnc4/c(=N\CC)o3)s2)nc2nccnc12. The van der Waals surface area contributed by atoms with E-state index in [0.29, 0.717) is 58.3 Å². The Morgan fingerprint density at radius 1 is 0.710 bits per heavy atom. The molecule has 5 heterocycles. The van der Waals surface area contributed by atoms with Crippen molar-refractivity contribution in [2.45, 2.75) is 13.8 Å². The molecule has 0 radical (unpaired) electrons. The van der Waals surface area contributed by atoms with Crippen LogP contribution in [0, 0.1) is 0 Å². The smallest absolute Gasteiger partial charge is 0.246 e. The van der Waals surface area contributed by atoms with Crippen molar-refractivity contribution >= 4 is 33.7 Å². The first-order valence-corrected chi connectivity index (χ1v) is 10.4. The largest absolute Gasteiger partial charge is 0.417 e. The van der Waals surface area contributed by atoms with Crippen LogP contribution in [0.25, 0.3) is 43.9 Å². The van der Waals surface area contributed by atoms with E-state index in [9.17, 15) is 0 Å². The second-order valence-corrected chi connectivity index (χ2v) is 7.30. The second-order valence-electron chi connectivity index (χ2n) is 6.22. The van der Waals surface area contributed by atoms with Crippen molar-refractivity contribution in [1.82, 2.24) is 29.9 Å². The summed E-state index contributed by atoms with van der Waals surface area (Å²) in [5.41, 5.74) is 2.80. The van der Waals surface area contributed by atoms with E-state index in [1.165, 1.54) is 11.3 Å². The zero-order chi connectivity index (χ0) is 21.2. The van der Waals surface area contributed by atoms with Crippen LogP contribution in [-0.4, -0.2) is 43.0 Å². The number of nitrogens with zero attached hydrogens (tertiary/aromatic N) is 8. The molecule has 0 amide bonds. The molecule has 0 saturated carbocycles. The Hall–Kier alpha value is -3.86. The summed E-state index contributed by atoms with van der Waals surface area (Å²) in [7, 11) is 0. The van der Waals surface area contributed by atoms with Gasteiger partial charge in [0.15, 0.2) is 22.3 Å². The van der Waals surface area contributed by atoms with Gasteiger partial charge in [0.2, 0.25) is 22.9 Å². The fraction of sp³-hybridized carbons (Fsp3) is 0.200. The number of thiophene rings is 1. The van der Waals surface area contributed by atoms with E-state index in [4.69, 9.17) is 8.83 Å². The summed E-state index contributed by atoms with van der Waals surface area (Å²) in [5.74, 6) is 0.797. The Morgan fingerprint density at radius 2 is 1.16 bits per heavy atom. The molecular formula is C20H16N8O2S. The molecule has 0 aliphatic heterocycles. The number of aromatic nitrogens is 6. The van der Waals surface area contributed by atoms with E-state index in [1.807, 2.05) is 26.0 Å². The second kappa shape index (κ2) is 8.11. The van der Waals surface area contributed by atoms with E-state index in [2.05, 4.69) is 39.9 Å². The van der Waals surface area contributed by atoms with Crippen molar-refractivity contribution in [3.8, 4) is 21.5 Å². The lowest BCUT2D eigenvalue weighted by Crippen LogP contribution is -2.08. The maximum absolute atomic E-state index is 5.94. The monoisotopic (exact) mass is 432 g/mol. The summed E-state index contributed by atoms with van der Waals surface area (Å²) < 4.78 is 11.9. The lowest BCUT2D eigenvalue weighted by molar-refractivity contribution is 0.497. The topological polar surface area (TPSA) is 128 Å². The van der Waals surface area contributed by atoms with Crippen molar-refractivity contribution < 1.29 is 8.83 Å². The number of hydrogen-bond acceptors (Lipinski definition) is 11. The summed E-state index contributed by atoms with van der Waals surface area (Å²) in [6.45, 7) is 4.96. The number of hydrogen-bond donors (Lipinski definition) is 0. The van der Waals surface area contributed by atoms with Gasteiger partial charge in [-0.05, 0) is 26.0 Å². The molecule has 0 aliphatic carbocycles. The van der Waals surface area contributed by atoms with E-state index in [0.717, 1.165) is 9.75 Å². The van der Waals surface area contributed by atoms with Crippen LogP contribution in [0.4, 0.5) is 0 Å². The van der Waals surface area contributed by atoms with E-state index in [-0.39, 0.29) is 0 Å². The summed E-state index contributed by atoms with van der Waals surface area (Å²) in [6.07, 6.45) is 6.36. The molecule has 5 rings (SSSR count). The molecule has 0 aromatic carbocycles. The van der Waals surface area contributed by atoms with Gasteiger partial charge in [0.05, 0.1) is 9.75 Å². The van der Waals surface area contributed by atoms with E-state index >= 15 is 0 Å². The maximum atomic E-state index is 5.94. The van der Waals surface area contributed by atoms with Gasteiger partial charge in [0.1, 0.15) is 0 Å². The molecule has 5 aromatic rings. The van der Waals surface area contributed by atoms with Crippen LogP contribution in [0.1, 0.15) is 13.8 Å². The van der Waals surface area contributed by atoms with Gasteiger partial charge in [0.25, 0.3) is 0 Å². The molecule has 0 unspecified atom stereocenters. The standard InChI is InChI=1S/C20H16N8O2S/c1-3-21-19-13-15(25-9-7-23-13)27-17(29-19)11-5-6-12(31-11)18-28-16-14(24-8-10-26-16)20(30-18)22-4-2/h5-10H,3-4H2,1-2H3/b21-19-,22-20+. The molecule has 0 aliphatic rings. The highest BCUT2D eigenvalue weighted by Crippen LogP contribution is 2.32. The third-order valence-corrected chi connectivity index (χ3v) is 5.26. The fourth-order valence-corrected chi connectivity index (χ4v) is 3.78. The van der Waals surface area contributed by atoms with Gasteiger partial charge in [-0.2, -0.15) is 9.97 Å². The van der Waals surface area contributed by atoms with Crippen molar-refractivity contribution in [2.75, 3.05) is 13.1 Å². The highest BCUT2D eigenvalue weighted by atomic mass is 32.1. The Kier molecular flexibility index (Phi) is 5.00. The van der Waals surface area contributed by atoms with Gasteiger partial charge in [-0.15, -0.1) is 11.3 Å². The third kappa shape index (κ3) is 3.59. The van der Waals surface area contributed by atoms with Gasteiger partial charge >= 0.3 is 0 Å². The zero-order valence-corrected chi connectivity index (χ0v) is 17.5. The van der Waals surface area contributed by atoms with Crippen molar-refractivity contribution in [3.05, 3.63) is 48.0 Å². The first-order valence-electron chi connectivity index (χ1n) is 9.62. The molecule has 0 fully saturated rings. The molecule has 0 bridgehead atoms. The van der Waals surface area contributed by atoms with Gasteiger partial charge in [-0.1, -0.05) is 0 Å². The zero-order valence-electron chi connectivity index (χ0n) is 16.7. The minimum Gasteiger partial charge on any atom is -0.417 e. The summed E-state index contributed by atoms with van der Waals surface area (Å²) >= 11 is 1.42. The van der Waals surface area contributed by atoms with Crippen LogP contribution in [0.15, 0.2) is 55.7 Å². The first-order chi connectivity index (χ1) is 15.3. The van der Waals surface area contributed by atoms with Gasteiger partial charge < -0.3 is 8.83 Å². The minimum absolute atomic E-state index is 0.399. The molecule has 0 N–H and O–H groups in total. The average molecular weight is 432 g/mol. The maximum Gasteiger partial charge on any atom is 0.246 e. The Bertz CT molecular complexity index is 1420. The lowest BCUT2D eigenvalue weighted by atomic mass is 10.4.